The van der Waals surface area contributed by atoms with Gasteiger partial charge in [0.25, 0.3) is 0 Å². The molecule has 2 aromatic rings. The van der Waals surface area contributed by atoms with Crippen molar-refractivity contribution in [2.75, 3.05) is 13.2 Å². The molecule has 0 aromatic heterocycles. The number of unbranched alkanes of at least 4 members (excludes halogenated alkanes) is 2. The molecule has 0 fully saturated rings. The van der Waals surface area contributed by atoms with Crippen LogP contribution in [0.25, 0.3) is 0 Å². The highest BCUT2D eigenvalue weighted by Gasteiger charge is 1.97. The molecule has 0 bridgehead atoms. The van der Waals surface area contributed by atoms with Crippen molar-refractivity contribution in [3.63, 3.8) is 0 Å². The normalized spacial score (nSPS) is 10.7. The Morgan fingerprint density at radius 1 is 0.826 bits per heavy atom. The maximum Gasteiger partial charge on any atom is 0.119 e. The van der Waals surface area contributed by atoms with Crippen LogP contribution in [0.4, 0.5) is 0 Å². The molecule has 0 aliphatic heterocycles. The number of rotatable bonds is 11. The second kappa shape index (κ2) is 10.8. The van der Waals surface area contributed by atoms with Gasteiger partial charge in [0.2, 0.25) is 0 Å². The average molecular weight is 311 g/mol. The van der Waals surface area contributed by atoms with E-state index in [1.54, 1.807) is 0 Å². The van der Waals surface area contributed by atoms with Gasteiger partial charge in [0.05, 0.1) is 6.61 Å². The Morgan fingerprint density at radius 3 is 2.35 bits per heavy atom. The second-order valence-corrected chi connectivity index (χ2v) is 5.97. The Bertz CT molecular complexity index is 521. The molecular formula is C21H29NO. The van der Waals surface area contributed by atoms with Crippen molar-refractivity contribution in [3.05, 3.63) is 65.7 Å². The molecule has 1 N–H and O–H groups in total. The number of nitrogens with one attached hydrogen (secondary N) is 1. The lowest BCUT2D eigenvalue weighted by atomic mass is 10.1. The summed E-state index contributed by atoms with van der Waals surface area (Å²) >= 11 is 0. The van der Waals surface area contributed by atoms with Crippen molar-refractivity contribution in [2.24, 2.45) is 0 Å². The smallest absolute Gasteiger partial charge is 0.119 e. The van der Waals surface area contributed by atoms with E-state index in [0.29, 0.717) is 0 Å². The standard InChI is InChI=1S/C21H29NO/c1-2-3-7-17-23-21-14-12-20(13-15-21)18-22-16-8-11-19-9-5-4-6-10-19/h4-6,9-10,12-15,22H,2-3,7-8,11,16-18H2,1H3. The van der Waals surface area contributed by atoms with Crippen molar-refractivity contribution in [1.82, 2.24) is 5.32 Å². The minimum Gasteiger partial charge on any atom is -0.494 e. The van der Waals surface area contributed by atoms with Crippen molar-refractivity contribution in [3.8, 4) is 5.75 Å². The lowest BCUT2D eigenvalue weighted by Crippen LogP contribution is -2.15. The summed E-state index contributed by atoms with van der Waals surface area (Å²) in [4.78, 5) is 0. The summed E-state index contributed by atoms with van der Waals surface area (Å²) in [5, 5.41) is 3.51. The molecule has 2 nitrogen and oxygen atoms in total. The van der Waals surface area contributed by atoms with Gasteiger partial charge >= 0.3 is 0 Å². The first kappa shape index (κ1) is 17.6. The number of ether oxygens (including phenoxy) is 1. The summed E-state index contributed by atoms with van der Waals surface area (Å²) < 4.78 is 5.73. The SMILES string of the molecule is CCCCCOc1ccc(CNCCCc2ccccc2)cc1. The molecule has 0 radical (unpaired) electrons. The van der Waals surface area contributed by atoms with Crippen LogP contribution in [0.3, 0.4) is 0 Å². The largest absolute Gasteiger partial charge is 0.494 e. The van der Waals surface area contributed by atoms with Crippen molar-refractivity contribution in [1.29, 1.82) is 0 Å². The number of hydrogen-bond acceptors (Lipinski definition) is 2. The summed E-state index contributed by atoms with van der Waals surface area (Å²) in [6.45, 7) is 5.00. The molecule has 0 aliphatic carbocycles. The van der Waals surface area contributed by atoms with Crippen molar-refractivity contribution < 1.29 is 4.74 Å². The minimum absolute atomic E-state index is 0.824. The minimum atomic E-state index is 0.824. The summed E-state index contributed by atoms with van der Waals surface area (Å²) in [7, 11) is 0. The topological polar surface area (TPSA) is 21.3 Å². The lowest BCUT2D eigenvalue weighted by Gasteiger charge is -2.08. The van der Waals surface area contributed by atoms with E-state index in [-0.39, 0.29) is 0 Å². The molecule has 2 rings (SSSR count). The highest BCUT2D eigenvalue weighted by Crippen LogP contribution is 2.13. The molecule has 0 heterocycles. The molecule has 0 aliphatic rings. The average Bonchev–Trinajstić information content (AvgIpc) is 2.60. The highest BCUT2D eigenvalue weighted by molar-refractivity contribution is 5.27. The zero-order valence-corrected chi connectivity index (χ0v) is 14.3. The van der Waals surface area contributed by atoms with E-state index in [2.05, 4.69) is 66.8 Å². The first-order chi connectivity index (χ1) is 11.4. The Labute approximate surface area is 140 Å². The monoisotopic (exact) mass is 311 g/mol. The van der Waals surface area contributed by atoms with E-state index < -0.39 is 0 Å². The highest BCUT2D eigenvalue weighted by atomic mass is 16.5. The van der Waals surface area contributed by atoms with E-state index in [0.717, 1.165) is 38.3 Å². The van der Waals surface area contributed by atoms with Crippen LogP contribution < -0.4 is 10.1 Å². The molecule has 124 valence electrons. The Morgan fingerprint density at radius 2 is 1.61 bits per heavy atom. The first-order valence-electron chi connectivity index (χ1n) is 8.85. The van der Waals surface area contributed by atoms with E-state index >= 15 is 0 Å². The molecule has 23 heavy (non-hydrogen) atoms. The zero-order chi connectivity index (χ0) is 16.2. The molecular weight excluding hydrogens is 282 g/mol. The molecule has 0 unspecified atom stereocenters. The molecule has 0 saturated heterocycles. The summed E-state index contributed by atoms with van der Waals surface area (Å²) in [6.07, 6.45) is 5.92. The summed E-state index contributed by atoms with van der Waals surface area (Å²) in [5.41, 5.74) is 2.73. The number of hydrogen-bond donors (Lipinski definition) is 1. The first-order valence-corrected chi connectivity index (χ1v) is 8.85. The molecule has 0 spiro atoms. The third-order valence-electron chi connectivity index (χ3n) is 3.93. The quantitative estimate of drug-likeness (QED) is 0.591. The summed E-state index contributed by atoms with van der Waals surface area (Å²) in [5.74, 6) is 0.980. The van der Waals surface area contributed by atoms with Crippen LogP contribution >= 0.6 is 0 Å². The maximum atomic E-state index is 5.73. The van der Waals surface area contributed by atoms with Crippen LogP contribution in [-0.2, 0) is 13.0 Å². The summed E-state index contributed by atoms with van der Waals surface area (Å²) in [6, 6.07) is 19.1. The van der Waals surface area contributed by atoms with Crippen LogP contribution in [-0.4, -0.2) is 13.2 Å². The van der Waals surface area contributed by atoms with Gasteiger partial charge in [-0.25, -0.2) is 0 Å². The van der Waals surface area contributed by atoms with Crippen molar-refractivity contribution in [2.45, 2.75) is 45.6 Å². The zero-order valence-electron chi connectivity index (χ0n) is 14.3. The van der Waals surface area contributed by atoms with Gasteiger partial charge in [0, 0.05) is 6.54 Å². The third kappa shape index (κ3) is 7.34. The van der Waals surface area contributed by atoms with Crippen LogP contribution in [0.5, 0.6) is 5.75 Å². The van der Waals surface area contributed by atoms with Crippen LogP contribution in [0.2, 0.25) is 0 Å². The molecule has 2 aromatic carbocycles. The van der Waals surface area contributed by atoms with Gasteiger partial charge < -0.3 is 10.1 Å². The fraction of sp³-hybridized carbons (Fsp3) is 0.429. The van der Waals surface area contributed by atoms with Crippen LogP contribution in [0.1, 0.15) is 43.7 Å². The Balaban J connectivity index is 1.58. The predicted molar refractivity (Wildman–Crippen MR) is 97.9 cm³/mol. The van der Waals surface area contributed by atoms with Gasteiger partial charge in [0.1, 0.15) is 5.75 Å². The van der Waals surface area contributed by atoms with E-state index in [9.17, 15) is 0 Å². The second-order valence-electron chi connectivity index (χ2n) is 5.97. The van der Waals surface area contributed by atoms with Gasteiger partial charge in [-0.2, -0.15) is 0 Å². The molecule has 0 saturated carbocycles. The fourth-order valence-corrected chi connectivity index (χ4v) is 2.54. The van der Waals surface area contributed by atoms with Crippen LogP contribution in [0.15, 0.2) is 54.6 Å². The lowest BCUT2D eigenvalue weighted by molar-refractivity contribution is 0.306. The fourth-order valence-electron chi connectivity index (χ4n) is 2.54. The van der Waals surface area contributed by atoms with Crippen molar-refractivity contribution >= 4 is 0 Å². The van der Waals surface area contributed by atoms with E-state index in [1.165, 1.54) is 30.4 Å². The van der Waals surface area contributed by atoms with Gasteiger partial charge in [-0.05, 0) is 49.1 Å². The van der Waals surface area contributed by atoms with Gasteiger partial charge in [0.15, 0.2) is 0 Å². The Kier molecular flexibility index (Phi) is 8.28. The third-order valence-corrected chi connectivity index (χ3v) is 3.93. The molecule has 2 heteroatoms. The maximum absolute atomic E-state index is 5.73. The van der Waals surface area contributed by atoms with Crippen LogP contribution in [0, 0.1) is 0 Å². The Hall–Kier alpha value is -1.80. The number of benzene rings is 2. The molecule has 0 amide bonds. The van der Waals surface area contributed by atoms with Gasteiger partial charge in [-0.1, -0.05) is 62.2 Å². The predicted octanol–water partition coefficient (Wildman–Crippen LogP) is 4.98. The van der Waals surface area contributed by atoms with Gasteiger partial charge in [-0.3, -0.25) is 0 Å². The molecule has 0 atom stereocenters. The van der Waals surface area contributed by atoms with E-state index in [4.69, 9.17) is 4.74 Å². The van der Waals surface area contributed by atoms with E-state index in [1.807, 2.05) is 0 Å². The number of aryl methyl sites for hydroxylation is 1. The van der Waals surface area contributed by atoms with Gasteiger partial charge in [-0.15, -0.1) is 0 Å².